The molecule has 0 atom stereocenters. The summed E-state index contributed by atoms with van der Waals surface area (Å²) in [6, 6.07) is 10.9. The molecule has 7 heteroatoms. The summed E-state index contributed by atoms with van der Waals surface area (Å²) in [6.07, 6.45) is -3.50. The van der Waals surface area contributed by atoms with Gasteiger partial charge in [0.2, 0.25) is 5.91 Å². The lowest BCUT2D eigenvalue weighted by Crippen LogP contribution is -2.26. The summed E-state index contributed by atoms with van der Waals surface area (Å²) in [5, 5.41) is 0. The number of ether oxygens (including phenoxy) is 1. The van der Waals surface area contributed by atoms with Crippen molar-refractivity contribution in [3.05, 3.63) is 58.7 Å². The van der Waals surface area contributed by atoms with Crippen molar-refractivity contribution < 1.29 is 22.7 Å². The molecule has 0 unspecified atom stereocenters. The molecule has 0 bridgehead atoms. The van der Waals surface area contributed by atoms with E-state index in [2.05, 4.69) is 0 Å². The van der Waals surface area contributed by atoms with Crippen LogP contribution in [0.5, 0.6) is 5.75 Å². The fourth-order valence-electron chi connectivity index (χ4n) is 3.07. The summed E-state index contributed by atoms with van der Waals surface area (Å²) in [5.41, 5.74) is 9.55. The predicted octanol–water partition coefficient (Wildman–Crippen LogP) is 4.42. The number of anilines is 1. The molecule has 28 heavy (non-hydrogen) atoms. The van der Waals surface area contributed by atoms with E-state index in [1.165, 1.54) is 0 Å². The molecule has 2 rings (SSSR count). The van der Waals surface area contributed by atoms with E-state index in [-0.39, 0.29) is 11.7 Å². The fourth-order valence-corrected chi connectivity index (χ4v) is 3.07. The van der Waals surface area contributed by atoms with Gasteiger partial charge in [0, 0.05) is 25.7 Å². The molecule has 0 spiro atoms. The van der Waals surface area contributed by atoms with Crippen LogP contribution in [0.4, 0.5) is 18.9 Å². The molecule has 0 saturated heterocycles. The van der Waals surface area contributed by atoms with Crippen molar-refractivity contribution in [2.24, 2.45) is 0 Å². The first-order valence-corrected chi connectivity index (χ1v) is 8.94. The number of alkyl halides is 3. The van der Waals surface area contributed by atoms with Crippen LogP contribution in [0.25, 0.3) is 0 Å². The predicted molar refractivity (Wildman–Crippen MR) is 103 cm³/mol. The Bertz CT molecular complexity index is 812. The number of rotatable bonds is 7. The van der Waals surface area contributed by atoms with Crippen molar-refractivity contribution in [2.45, 2.75) is 39.4 Å². The molecule has 1 amide bonds. The molecule has 0 aliphatic rings. The molecule has 0 fully saturated rings. The van der Waals surface area contributed by atoms with Crippen LogP contribution in [-0.4, -0.2) is 30.6 Å². The standard InChI is InChI=1S/C21H25F3N2O2/c1-14-10-16(11-15(2)20(14)28-13-21(22,23)24)12-26(3)19(27)9-8-17-6-4-5-7-18(17)25/h4-7,10-11H,8-9,12-13,25H2,1-3H3. The van der Waals surface area contributed by atoms with E-state index in [1.54, 1.807) is 44.0 Å². The van der Waals surface area contributed by atoms with Gasteiger partial charge in [-0.2, -0.15) is 13.2 Å². The van der Waals surface area contributed by atoms with E-state index in [1.807, 2.05) is 18.2 Å². The van der Waals surface area contributed by atoms with Gasteiger partial charge in [-0.15, -0.1) is 0 Å². The van der Waals surface area contributed by atoms with E-state index in [9.17, 15) is 18.0 Å². The minimum Gasteiger partial charge on any atom is -0.484 e. The number of carbonyl (C=O) groups is 1. The van der Waals surface area contributed by atoms with Crippen molar-refractivity contribution in [1.29, 1.82) is 0 Å². The van der Waals surface area contributed by atoms with Gasteiger partial charge in [-0.3, -0.25) is 4.79 Å². The quantitative estimate of drug-likeness (QED) is 0.708. The van der Waals surface area contributed by atoms with Gasteiger partial charge in [-0.05, 0) is 48.6 Å². The van der Waals surface area contributed by atoms with Crippen LogP contribution in [0, 0.1) is 13.8 Å². The maximum Gasteiger partial charge on any atom is 0.422 e. The molecule has 0 aliphatic carbocycles. The zero-order valence-electron chi connectivity index (χ0n) is 16.3. The molecule has 0 radical (unpaired) electrons. The van der Waals surface area contributed by atoms with Crippen molar-refractivity contribution >= 4 is 11.6 Å². The zero-order valence-corrected chi connectivity index (χ0v) is 16.3. The normalized spacial score (nSPS) is 11.4. The number of nitrogens with zero attached hydrogens (tertiary/aromatic N) is 1. The molecular formula is C21H25F3N2O2. The third kappa shape index (κ3) is 6.18. The van der Waals surface area contributed by atoms with Crippen LogP contribution < -0.4 is 10.5 Å². The smallest absolute Gasteiger partial charge is 0.422 e. The number of benzene rings is 2. The summed E-state index contributed by atoms with van der Waals surface area (Å²) < 4.78 is 42.1. The Morgan fingerprint density at radius 3 is 2.32 bits per heavy atom. The van der Waals surface area contributed by atoms with Gasteiger partial charge in [0.25, 0.3) is 0 Å². The summed E-state index contributed by atoms with van der Waals surface area (Å²) in [6.45, 7) is 2.43. The Morgan fingerprint density at radius 1 is 1.14 bits per heavy atom. The van der Waals surface area contributed by atoms with Crippen molar-refractivity contribution in [3.63, 3.8) is 0 Å². The molecular weight excluding hydrogens is 369 g/mol. The van der Waals surface area contributed by atoms with E-state index in [0.29, 0.717) is 36.2 Å². The van der Waals surface area contributed by atoms with Gasteiger partial charge in [-0.25, -0.2) is 0 Å². The largest absolute Gasteiger partial charge is 0.484 e. The van der Waals surface area contributed by atoms with E-state index >= 15 is 0 Å². The lowest BCUT2D eigenvalue weighted by molar-refractivity contribution is -0.153. The highest BCUT2D eigenvalue weighted by atomic mass is 19.4. The van der Waals surface area contributed by atoms with Crippen LogP contribution >= 0.6 is 0 Å². The van der Waals surface area contributed by atoms with Crippen LogP contribution in [0.2, 0.25) is 0 Å². The number of halogens is 3. The first-order chi connectivity index (χ1) is 13.1. The molecule has 2 aromatic rings. The van der Waals surface area contributed by atoms with Crippen molar-refractivity contribution in [1.82, 2.24) is 4.90 Å². The lowest BCUT2D eigenvalue weighted by atomic mass is 10.0. The van der Waals surface area contributed by atoms with Crippen molar-refractivity contribution in [3.8, 4) is 5.75 Å². The topological polar surface area (TPSA) is 55.6 Å². The molecule has 2 N–H and O–H groups in total. The first kappa shape index (κ1) is 21.6. The number of nitrogen functional groups attached to an aromatic ring is 1. The van der Waals surface area contributed by atoms with Gasteiger partial charge in [-0.1, -0.05) is 30.3 Å². The molecule has 0 saturated carbocycles. The summed E-state index contributed by atoms with van der Waals surface area (Å²) in [5.74, 6) is 0.200. The molecule has 4 nitrogen and oxygen atoms in total. The third-order valence-electron chi connectivity index (χ3n) is 4.41. The SMILES string of the molecule is Cc1cc(CN(C)C(=O)CCc2ccccc2N)cc(C)c1OCC(F)(F)F. The molecule has 0 aromatic heterocycles. The van der Waals surface area contributed by atoms with Gasteiger partial charge in [0.1, 0.15) is 5.75 Å². The maximum absolute atomic E-state index is 12.4. The van der Waals surface area contributed by atoms with Crippen LogP contribution in [0.3, 0.4) is 0 Å². The minimum absolute atomic E-state index is 0.0315. The molecule has 2 aromatic carbocycles. The number of para-hydroxylation sites is 1. The van der Waals surface area contributed by atoms with Crippen LogP contribution in [0.15, 0.2) is 36.4 Å². The second-order valence-electron chi connectivity index (χ2n) is 6.91. The lowest BCUT2D eigenvalue weighted by Gasteiger charge is -2.20. The minimum atomic E-state index is -4.38. The van der Waals surface area contributed by atoms with Gasteiger partial charge >= 0.3 is 6.18 Å². The number of carbonyl (C=O) groups excluding carboxylic acids is 1. The number of nitrogens with two attached hydrogens (primary N) is 1. The average Bonchev–Trinajstić information content (AvgIpc) is 2.59. The van der Waals surface area contributed by atoms with Gasteiger partial charge in [0.05, 0.1) is 0 Å². The fraction of sp³-hybridized carbons (Fsp3) is 0.381. The number of hydrogen-bond donors (Lipinski definition) is 1. The Morgan fingerprint density at radius 2 is 1.75 bits per heavy atom. The molecule has 0 aliphatic heterocycles. The average molecular weight is 394 g/mol. The Balaban J connectivity index is 1.98. The highest BCUT2D eigenvalue weighted by Crippen LogP contribution is 2.27. The van der Waals surface area contributed by atoms with Gasteiger partial charge < -0.3 is 15.4 Å². The third-order valence-corrected chi connectivity index (χ3v) is 4.41. The van der Waals surface area contributed by atoms with E-state index in [4.69, 9.17) is 10.5 Å². The number of hydrogen-bond acceptors (Lipinski definition) is 3. The number of aryl methyl sites for hydroxylation is 3. The monoisotopic (exact) mass is 394 g/mol. The summed E-state index contributed by atoms with van der Waals surface area (Å²) >= 11 is 0. The first-order valence-electron chi connectivity index (χ1n) is 8.94. The van der Waals surface area contributed by atoms with E-state index in [0.717, 1.165) is 11.1 Å². The second kappa shape index (κ2) is 8.99. The second-order valence-corrected chi connectivity index (χ2v) is 6.91. The van der Waals surface area contributed by atoms with Crippen LogP contribution in [-0.2, 0) is 17.8 Å². The highest BCUT2D eigenvalue weighted by molar-refractivity contribution is 5.76. The summed E-state index contributed by atoms with van der Waals surface area (Å²) in [7, 11) is 1.70. The zero-order chi connectivity index (χ0) is 20.9. The summed E-state index contributed by atoms with van der Waals surface area (Å²) in [4.78, 5) is 14.0. The highest BCUT2D eigenvalue weighted by Gasteiger charge is 2.29. The van der Waals surface area contributed by atoms with Gasteiger partial charge in [0.15, 0.2) is 6.61 Å². The van der Waals surface area contributed by atoms with E-state index < -0.39 is 12.8 Å². The Kier molecular flexibility index (Phi) is 6.94. The number of amides is 1. The van der Waals surface area contributed by atoms with Crippen LogP contribution in [0.1, 0.15) is 28.7 Å². The molecule has 0 heterocycles. The maximum atomic E-state index is 12.4. The van der Waals surface area contributed by atoms with Crippen molar-refractivity contribution in [2.75, 3.05) is 19.4 Å². The Labute approximate surface area is 163 Å². The Hall–Kier alpha value is -2.70. The molecule has 152 valence electrons.